The molecule has 4 rings (SSSR count). The maximum atomic E-state index is 5.43. The van der Waals surface area contributed by atoms with Crippen LogP contribution in [-0.2, 0) is 0 Å². The predicted molar refractivity (Wildman–Crippen MR) is 75.4 cm³/mol. The van der Waals surface area contributed by atoms with Gasteiger partial charge in [0, 0.05) is 6.04 Å². The van der Waals surface area contributed by atoms with Crippen LogP contribution >= 0.6 is 0 Å². The number of nitrogens with two attached hydrogens (primary N) is 1. The smallest absolute Gasteiger partial charge is 0.258 e. The van der Waals surface area contributed by atoms with E-state index in [1.54, 1.807) is 0 Å². The first kappa shape index (κ1) is 12.5. The summed E-state index contributed by atoms with van der Waals surface area (Å²) in [6, 6.07) is 0.445. The van der Waals surface area contributed by atoms with E-state index in [0.717, 1.165) is 11.8 Å². The van der Waals surface area contributed by atoms with Gasteiger partial charge < -0.3 is 5.32 Å². The highest BCUT2D eigenvalue weighted by Crippen LogP contribution is 2.45. The van der Waals surface area contributed by atoms with Crippen molar-refractivity contribution in [2.24, 2.45) is 17.7 Å². The van der Waals surface area contributed by atoms with Crippen LogP contribution in [0.25, 0.3) is 5.95 Å². The number of hydrogen-bond acceptors (Lipinski definition) is 8. The largest absolute Gasteiger partial charge is 0.351 e. The molecular formula is C12H17N9. The zero-order valence-electron chi connectivity index (χ0n) is 11.5. The third-order valence-electron chi connectivity index (χ3n) is 4.43. The zero-order chi connectivity index (χ0) is 14.2. The standard InChI is InChI=1S/C12H17N9/c13-20-11-17-10(16-9-4-7-1-2-8(9)3-7)18-12(19-11)21-6-14-5-15-21/h5-9H,1-4,13H2,(H2,16,17,18,19,20). The Kier molecular flexibility index (Phi) is 2.92. The molecule has 2 heterocycles. The summed E-state index contributed by atoms with van der Waals surface area (Å²) in [5, 5.41) is 7.46. The van der Waals surface area contributed by atoms with Crippen LogP contribution in [0.3, 0.4) is 0 Å². The molecular weight excluding hydrogens is 270 g/mol. The molecule has 110 valence electrons. The lowest BCUT2D eigenvalue weighted by Crippen LogP contribution is -2.27. The first-order valence-electron chi connectivity index (χ1n) is 7.16. The average Bonchev–Trinajstić information content (AvgIpc) is 3.24. The molecule has 0 saturated heterocycles. The van der Waals surface area contributed by atoms with Gasteiger partial charge in [-0.05, 0) is 31.1 Å². The van der Waals surface area contributed by atoms with E-state index in [1.165, 1.54) is 43.0 Å². The van der Waals surface area contributed by atoms with E-state index in [0.29, 0.717) is 23.9 Å². The molecule has 2 aromatic heterocycles. The van der Waals surface area contributed by atoms with Crippen molar-refractivity contribution in [3.63, 3.8) is 0 Å². The quantitative estimate of drug-likeness (QED) is 0.544. The van der Waals surface area contributed by atoms with Crippen LogP contribution in [0.5, 0.6) is 0 Å². The Bertz CT molecular complexity index is 626. The molecule has 21 heavy (non-hydrogen) atoms. The fourth-order valence-electron chi connectivity index (χ4n) is 3.50. The minimum Gasteiger partial charge on any atom is -0.351 e. The Hall–Kier alpha value is -2.29. The van der Waals surface area contributed by atoms with Gasteiger partial charge in [-0.1, -0.05) is 6.42 Å². The molecule has 0 aromatic carbocycles. The number of aromatic nitrogens is 6. The van der Waals surface area contributed by atoms with Crippen LogP contribution in [0.4, 0.5) is 11.9 Å². The van der Waals surface area contributed by atoms with Crippen molar-refractivity contribution >= 4 is 11.9 Å². The number of hydrazine groups is 1. The highest BCUT2D eigenvalue weighted by atomic mass is 15.4. The molecule has 2 aliphatic rings. The second-order valence-corrected chi connectivity index (χ2v) is 5.69. The Morgan fingerprint density at radius 1 is 1.14 bits per heavy atom. The first-order chi connectivity index (χ1) is 10.3. The fourth-order valence-corrected chi connectivity index (χ4v) is 3.50. The van der Waals surface area contributed by atoms with Crippen molar-refractivity contribution < 1.29 is 0 Å². The van der Waals surface area contributed by atoms with Crippen LogP contribution in [0, 0.1) is 11.8 Å². The summed E-state index contributed by atoms with van der Waals surface area (Å²) in [6.45, 7) is 0. The lowest BCUT2D eigenvalue weighted by Gasteiger charge is -2.23. The molecule has 2 aromatic rings. The van der Waals surface area contributed by atoms with Gasteiger partial charge in [0.2, 0.25) is 11.9 Å². The Morgan fingerprint density at radius 3 is 2.71 bits per heavy atom. The SMILES string of the molecule is NNc1nc(NC2CC3CCC2C3)nc(-n2cncn2)n1. The van der Waals surface area contributed by atoms with Gasteiger partial charge in [-0.25, -0.2) is 10.8 Å². The first-order valence-corrected chi connectivity index (χ1v) is 7.16. The molecule has 4 N–H and O–H groups in total. The van der Waals surface area contributed by atoms with Gasteiger partial charge >= 0.3 is 0 Å². The topological polar surface area (TPSA) is 119 Å². The summed E-state index contributed by atoms with van der Waals surface area (Å²) in [5.41, 5.74) is 2.46. The lowest BCUT2D eigenvalue weighted by atomic mass is 9.95. The molecule has 9 nitrogen and oxygen atoms in total. The third kappa shape index (κ3) is 2.29. The second kappa shape index (κ2) is 4.92. The van der Waals surface area contributed by atoms with Crippen LogP contribution in [-0.4, -0.2) is 35.8 Å². The van der Waals surface area contributed by atoms with Crippen molar-refractivity contribution in [1.29, 1.82) is 0 Å². The van der Waals surface area contributed by atoms with Gasteiger partial charge in [0.05, 0.1) is 0 Å². The summed E-state index contributed by atoms with van der Waals surface area (Å²) in [6.07, 6.45) is 8.14. The maximum absolute atomic E-state index is 5.43. The number of nitrogens with one attached hydrogen (secondary N) is 2. The van der Waals surface area contributed by atoms with E-state index in [-0.39, 0.29) is 0 Å². The van der Waals surface area contributed by atoms with E-state index in [4.69, 9.17) is 5.84 Å². The number of hydrogen-bond donors (Lipinski definition) is 3. The molecule has 2 fully saturated rings. The minimum atomic E-state index is 0.307. The molecule has 2 saturated carbocycles. The fraction of sp³-hybridized carbons (Fsp3) is 0.583. The molecule has 0 amide bonds. The molecule has 3 atom stereocenters. The van der Waals surface area contributed by atoms with Crippen molar-refractivity contribution in [3.8, 4) is 5.95 Å². The Labute approximate surface area is 121 Å². The van der Waals surface area contributed by atoms with E-state index in [1.807, 2.05) is 0 Å². The van der Waals surface area contributed by atoms with Crippen molar-refractivity contribution in [3.05, 3.63) is 12.7 Å². The molecule has 0 radical (unpaired) electrons. The number of nitrogen functional groups attached to an aromatic ring is 1. The van der Waals surface area contributed by atoms with Gasteiger partial charge in [-0.2, -0.15) is 24.7 Å². The van der Waals surface area contributed by atoms with Crippen LogP contribution in [0.1, 0.15) is 25.7 Å². The zero-order valence-corrected chi connectivity index (χ0v) is 11.5. The van der Waals surface area contributed by atoms with Gasteiger partial charge in [0.15, 0.2) is 0 Å². The summed E-state index contributed by atoms with van der Waals surface area (Å²) in [5.74, 6) is 8.25. The summed E-state index contributed by atoms with van der Waals surface area (Å²) in [4.78, 5) is 16.8. The van der Waals surface area contributed by atoms with E-state index >= 15 is 0 Å². The summed E-state index contributed by atoms with van der Waals surface area (Å²) >= 11 is 0. The van der Waals surface area contributed by atoms with Gasteiger partial charge in [0.1, 0.15) is 12.7 Å². The number of anilines is 2. The highest BCUT2D eigenvalue weighted by Gasteiger charge is 2.39. The number of rotatable bonds is 4. The van der Waals surface area contributed by atoms with Gasteiger partial charge in [0.25, 0.3) is 5.95 Å². The van der Waals surface area contributed by atoms with Crippen molar-refractivity contribution in [2.75, 3.05) is 10.7 Å². The highest BCUT2D eigenvalue weighted by molar-refractivity contribution is 5.38. The summed E-state index contributed by atoms with van der Waals surface area (Å²) in [7, 11) is 0. The van der Waals surface area contributed by atoms with E-state index < -0.39 is 0 Å². The van der Waals surface area contributed by atoms with Crippen molar-refractivity contribution in [1.82, 2.24) is 29.7 Å². The van der Waals surface area contributed by atoms with Gasteiger partial charge in [-0.15, -0.1) is 0 Å². The van der Waals surface area contributed by atoms with Crippen LogP contribution in [0.15, 0.2) is 12.7 Å². The summed E-state index contributed by atoms with van der Waals surface area (Å²) < 4.78 is 1.48. The second-order valence-electron chi connectivity index (χ2n) is 5.69. The van der Waals surface area contributed by atoms with Gasteiger partial charge in [-0.3, -0.25) is 5.43 Å². The van der Waals surface area contributed by atoms with E-state index in [9.17, 15) is 0 Å². The monoisotopic (exact) mass is 287 g/mol. The predicted octanol–water partition coefficient (Wildman–Crippen LogP) is 0.338. The van der Waals surface area contributed by atoms with Crippen LogP contribution in [0.2, 0.25) is 0 Å². The average molecular weight is 287 g/mol. The Morgan fingerprint density at radius 2 is 2.05 bits per heavy atom. The molecule has 2 bridgehead atoms. The van der Waals surface area contributed by atoms with Crippen molar-refractivity contribution in [2.45, 2.75) is 31.7 Å². The molecule has 2 aliphatic carbocycles. The maximum Gasteiger partial charge on any atom is 0.258 e. The van der Waals surface area contributed by atoms with Crippen LogP contribution < -0.4 is 16.6 Å². The lowest BCUT2D eigenvalue weighted by molar-refractivity contribution is 0.438. The Balaban J connectivity index is 1.61. The number of nitrogens with zero attached hydrogens (tertiary/aromatic N) is 6. The molecule has 3 unspecified atom stereocenters. The van der Waals surface area contributed by atoms with E-state index in [2.05, 4.69) is 35.8 Å². The minimum absolute atomic E-state index is 0.307. The molecule has 9 heteroatoms. The normalized spacial score (nSPS) is 27.0. The molecule has 0 aliphatic heterocycles. The molecule has 0 spiro atoms. The number of fused-ring (bicyclic) bond motifs is 2. The third-order valence-corrected chi connectivity index (χ3v) is 4.43.